The van der Waals surface area contributed by atoms with Gasteiger partial charge in [-0.25, -0.2) is 4.79 Å². The summed E-state index contributed by atoms with van der Waals surface area (Å²) in [5.74, 6) is -0.168. The summed E-state index contributed by atoms with van der Waals surface area (Å²) >= 11 is 0. The highest BCUT2D eigenvalue weighted by molar-refractivity contribution is 5.81. The normalized spacial score (nSPS) is 22.1. The summed E-state index contributed by atoms with van der Waals surface area (Å²) in [6, 6.07) is -0.0954. The van der Waals surface area contributed by atoms with Crippen LogP contribution in [0.1, 0.15) is 33.1 Å². The average Bonchev–Trinajstić information content (AvgIpc) is 2.36. The third kappa shape index (κ3) is 5.00. The van der Waals surface area contributed by atoms with Crippen LogP contribution in [0.25, 0.3) is 0 Å². The fraction of sp³-hybridized carbons (Fsp3) is 0.857. The van der Waals surface area contributed by atoms with Gasteiger partial charge in [0.15, 0.2) is 0 Å². The predicted molar refractivity (Wildman–Crippen MR) is 77.3 cm³/mol. The highest BCUT2D eigenvalue weighted by atomic mass is 16.3. The molecule has 0 bridgehead atoms. The molecule has 1 aliphatic rings. The van der Waals surface area contributed by atoms with E-state index in [9.17, 15) is 14.7 Å². The summed E-state index contributed by atoms with van der Waals surface area (Å²) in [5, 5.41) is 12.2. The Labute approximate surface area is 121 Å². The molecule has 3 atom stereocenters. The highest BCUT2D eigenvalue weighted by Gasteiger charge is 2.29. The molecule has 1 saturated heterocycles. The molecule has 1 aliphatic heterocycles. The molecule has 0 spiro atoms. The number of nitrogens with zero attached hydrogens (tertiary/aromatic N) is 2. The van der Waals surface area contributed by atoms with Gasteiger partial charge in [0.05, 0.1) is 12.0 Å². The van der Waals surface area contributed by atoms with Gasteiger partial charge in [-0.3, -0.25) is 4.79 Å². The monoisotopic (exact) mass is 285 g/mol. The number of amides is 3. The number of aliphatic hydroxyl groups excluding tert-OH is 1. The quantitative estimate of drug-likeness (QED) is 0.797. The molecule has 0 saturated carbocycles. The lowest BCUT2D eigenvalue weighted by Gasteiger charge is -2.34. The van der Waals surface area contributed by atoms with Gasteiger partial charge in [-0.15, -0.1) is 0 Å². The summed E-state index contributed by atoms with van der Waals surface area (Å²) in [6.07, 6.45) is 1.77. The first kappa shape index (κ1) is 16.8. The third-order valence-electron chi connectivity index (χ3n) is 3.53. The van der Waals surface area contributed by atoms with Gasteiger partial charge in [0.2, 0.25) is 5.91 Å². The van der Waals surface area contributed by atoms with Crippen LogP contribution in [0.2, 0.25) is 0 Å². The van der Waals surface area contributed by atoms with Gasteiger partial charge in [-0.1, -0.05) is 0 Å². The second-order valence-corrected chi connectivity index (χ2v) is 5.96. The molecule has 1 fully saturated rings. The number of carbonyl (C=O) groups excluding carboxylic acids is 2. The molecule has 2 N–H and O–H groups in total. The minimum atomic E-state index is -0.427. The van der Waals surface area contributed by atoms with E-state index in [0.717, 1.165) is 12.8 Å². The Hall–Kier alpha value is -1.30. The third-order valence-corrected chi connectivity index (χ3v) is 3.53. The van der Waals surface area contributed by atoms with E-state index < -0.39 is 6.10 Å². The molecular formula is C14H27N3O3. The smallest absolute Gasteiger partial charge is 0.319 e. The number of aliphatic hydroxyl groups is 1. The van der Waals surface area contributed by atoms with Crippen molar-refractivity contribution in [2.45, 2.75) is 45.3 Å². The summed E-state index contributed by atoms with van der Waals surface area (Å²) in [4.78, 5) is 27.4. The molecule has 1 rings (SSSR count). The van der Waals surface area contributed by atoms with E-state index >= 15 is 0 Å². The van der Waals surface area contributed by atoms with Gasteiger partial charge in [0, 0.05) is 33.2 Å². The number of hydrogen-bond donors (Lipinski definition) is 2. The summed E-state index contributed by atoms with van der Waals surface area (Å²) in [7, 11) is 3.44. The van der Waals surface area contributed by atoms with Crippen LogP contribution in [0.4, 0.5) is 4.79 Å². The van der Waals surface area contributed by atoms with Crippen LogP contribution in [-0.4, -0.2) is 66.2 Å². The van der Waals surface area contributed by atoms with Crippen molar-refractivity contribution in [1.82, 2.24) is 15.1 Å². The summed E-state index contributed by atoms with van der Waals surface area (Å²) < 4.78 is 0. The lowest BCUT2D eigenvalue weighted by atomic mass is 9.96. The first-order valence-electron chi connectivity index (χ1n) is 7.26. The Morgan fingerprint density at radius 2 is 2.05 bits per heavy atom. The minimum Gasteiger partial charge on any atom is -0.393 e. The lowest BCUT2D eigenvalue weighted by Crippen LogP contribution is -2.49. The zero-order valence-corrected chi connectivity index (χ0v) is 12.9. The fourth-order valence-corrected chi connectivity index (χ4v) is 2.58. The van der Waals surface area contributed by atoms with Crippen LogP contribution in [0, 0.1) is 5.92 Å². The molecule has 0 aromatic carbocycles. The molecule has 0 aromatic rings. The van der Waals surface area contributed by atoms with Crippen LogP contribution >= 0.6 is 0 Å². The largest absolute Gasteiger partial charge is 0.393 e. The number of likely N-dealkylation sites (tertiary alicyclic amines) is 1. The van der Waals surface area contributed by atoms with E-state index in [1.807, 2.05) is 6.92 Å². The molecule has 3 amide bonds. The van der Waals surface area contributed by atoms with Crippen molar-refractivity contribution in [3.8, 4) is 0 Å². The Bertz CT molecular complexity index is 345. The van der Waals surface area contributed by atoms with Crippen molar-refractivity contribution in [1.29, 1.82) is 0 Å². The minimum absolute atomic E-state index is 0.0191. The number of hydrogen-bond acceptors (Lipinski definition) is 3. The predicted octanol–water partition coefficient (Wildman–Crippen LogP) is 0.656. The van der Waals surface area contributed by atoms with E-state index in [4.69, 9.17) is 0 Å². The van der Waals surface area contributed by atoms with Gasteiger partial charge in [0.1, 0.15) is 0 Å². The highest BCUT2D eigenvalue weighted by Crippen LogP contribution is 2.18. The molecule has 116 valence electrons. The van der Waals surface area contributed by atoms with Crippen LogP contribution in [0.5, 0.6) is 0 Å². The van der Waals surface area contributed by atoms with Gasteiger partial charge < -0.3 is 20.2 Å². The van der Waals surface area contributed by atoms with Crippen LogP contribution in [0.3, 0.4) is 0 Å². The Balaban J connectivity index is 2.50. The number of carbonyl (C=O) groups is 2. The van der Waals surface area contributed by atoms with Gasteiger partial charge in [-0.2, -0.15) is 0 Å². The fourth-order valence-electron chi connectivity index (χ4n) is 2.58. The second kappa shape index (κ2) is 7.47. The Morgan fingerprint density at radius 3 is 2.60 bits per heavy atom. The first-order valence-corrected chi connectivity index (χ1v) is 7.26. The van der Waals surface area contributed by atoms with Crippen LogP contribution in [-0.2, 0) is 4.79 Å². The van der Waals surface area contributed by atoms with Crippen molar-refractivity contribution in [2.75, 3.05) is 27.2 Å². The number of rotatable bonds is 4. The van der Waals surface area contributed by atoms with Crippen molar-refractivity contribution in [3.05, 3.63) is 0 Å². The molecule has 1 heterocycles. The van der Waals surface area contributed by atoms with E-state index in [1.54, 1.807) is 25.9 Å². The molecule has 0 aromatic heterocycles. The van der Waals surface area contributed by atoms with Gasteiger partial charge >= 0.3 is 6.03 Å². The summed E-state index contributed by atoms with van der Waals surface area (Å²) in [5.41, 5.74) is 0. The molecule has 6 heteroatoms. The second-order valence-electron chi connectivity index (χ2n) is 5.96. The van der Waals surface area contributed by atoms with Crippen molar-refractivity contribution in [3.63, 3.8) is 0 Å². The number of urea groups is 1. The van der Waals surface area contributed by atoms with E-state index in [2.05, 4.69) is 5.32 Å². The lowest BCUT2D eigenvalue weighted by molar-refractivity contribution is -0.127. The number of nitrogens with one attached hydrogen (secondary N) is 1. The van der Waals surface area contributed by atoms with Crippen molar-refractivity contribution < 1.29 is 14.7 Å². The van der Waals surface area contributed by atoms with Crippen molar-refractivity contribution >= 4 is 11.9 Å². The standard InChI is InChI=1S/C14H27N3O3/c1-10(8-11(2)18)15-13(19)12-6-5-7-17(9-12)14(20)16(3)4/h10-12,18H,5-9H2,1-4H3,(H,15,19). The maximum atomic E-state index is 12.2. The molecule has 0 aliphatic carbocycles. The van der Waals surface area contributed by atoms with Gasteiger partial charge in [-0.05, 0) is 33.1 Å². The van der Waals surface area contributed by atoms with Crippen molar-refractivity contribution in [2.24, 2.45) is 5.92 Å². The number of piperidine rings is 1. The molecule has 20 heavy (non-hydrogen) atoms. The molecule has 6 nitrogen and oxygen atoms in total. The van der Waals surface area contributed by atoms with E-state index in [-0.39, 0.29) is 23.9 Å². The zero-order valence-electron chi connectivity index (χ0n) is 12.9. The maximum Gasteiger partial charge on any atom is 0.319 e. The Kier molecular flexibility index (Phi) is 6.26. The van der Waals surface area contributed by atoms with E-state index in [1.165, 1.54) is 4.90 Å². The maximum absolute atomic E-state index is 12.2. The average molecular weight is 285 g/mol. The van der Waals surface area contributed by atoms with Crippen LogP contribution < -0.4 is 5.32 Å². The Morgan fingerprint density at radius 1 is 1.40 bits per heavy atom. The first-order chi connectivity index (χ1) is 9.31. The summed E-state index contributed by atoms with van der Waals surface area (Å²) in [6.45, 7) is 4.78. The van der Waals surface area contributed by atoms with E-state index in [0.29, 0.717) is 19.5 Å². The van der Waals surface area contributed by atoms with Crippen LogP contribution in [0.15, 0.2) is 0 Å². The molecule has 3 unspecified atom stereocenters. The SMILES string of the molecule is CC(O)CC(C)NC(=O)C1CCCN(C(=O)N(C)C)C1. The topological polar surface area (TPSA) is 72.9 Å². The molecule has 0 radical (unpaired) electrons. The molecular weight excluding hydrogens is 258 g/mol. The van der Waals surface area contributed by atoms with Gasteiger partial charge in [0.25, 0.3) is 0 Å². The zero-order chi connectivity index (χ0) is 15.3.